The molecule has 1 saturated heterocycles. The van der Waals surface area contributed by atoms with E-state index in [2.05, 4.69) is 29.6 Å². The SMILES string of the molecule is Cc1ccc(NC(=O)CC2CN(C(=O)C(C)N)CCN2C(=O)OCC2c3ccccc3-c3ccccc32)cc1. The largest absolute Gasteiger partial charge is 0.448 e. The molecule has 0 saturated carbocycles. The third-order valence-electron chi connectivity index (χ3n) is 7.51. The van der Waals surface area contributed by atoms with E-state index in [0.29, 0.717) is 12.2 Å². The molecule has 8 nitrogen and oxygen atoms in total. The van der Waals surface area contributed by atoms with Crippen LogP contribution < -0.4 is 11.1 Å². The van der Waals surface area contributed by atoms with Crippen LogP contribution in [0.25, 0.3) is 11.1 Å². The highest BCUT2D eigenvalue weighted by atomic mass is 16.6. The van der Waals surface area contributed by atoms with Crippen molar-refractivity contribution >= 4 is 23.6 Å². The van der Waals surface area contributed by atoms with Crippen LogP contribution in [0.5, 0.6) is 0 Å². The van der Waals surface area contributed by atoms with Crippen LogP contribution in [0, 0.1) is 6.92 Å². The highest BCUT2D eigenvalue weighted by Gasteiger charge is 2.36. The molecule has 39 heavy (non-hydrogen) atoms. The topological polar surface area (TPSA) is 105 Å². The Balaban J connectivity index is 1.30. The first-order valence-electron chi connectivity index (χ1n) is 13.3. The van der Waals surface area contributed by atoms with Gasteiger partial charge < -0.3 is 25.6 Å². The van der Waals surface area contributed by atoms with Crippen LogP contribution in [-0.2, 0) is 14.3 Å². The van der Waals surface area contributed by atoms with Gasteiger partial charge in [-0.15, -0.1) is 0 Å². The number of hydrogen-bond acceptors (Lipinski definition) is 5. The van der Waals surface area contributed by atoms with Crippen molar-refractivity contribution in [1.29, 1.82) is 0 Å². The highest BCUT2D eigenvalue weighted by molar-refractivity contribution is 5.91. The Morgan fingerprint density at radius 2 is 1.56 bits per heavy atom. The molecule has 0 radical (unpaired) electrons. The van der Waals surface area contributed by atoms with Gasteiger partial charge in [0, 0.05) is 37.7 Å². The molecule has 0 spiro atoms. The fourth-order valence-corrected chi connectivity index (χ4v) is 5.50. The van der Waals surface area contributed by atoms with Gasteiger partial charge >= 0.3 is 6.09 Å². The van der Waals surface area contributed by atoms with Crippen LogP contribution in [0.15, 0.2) is 72.8 Å². The molecule has 5 rings (SSSR count). The predicted octanol–water partition coefficient (Wildman–Crippen LogP) is 4.13. The number of nitrogens with zero attached hydrogens (tertiary/aromatic N) is 2. The Bertz CT molecular complexity index is 1330. The Morgan fingerprint density at radius 3 is 2.18 bits per heavy atom. The minimum absolute atomic E-state index is 0.0286. The van der Waals surface area contributed by atoms with E-state index in [1.807, 2.05) is 55.5 Å². The molecule has 0 bridgehead atoms. The second-order valence-corrected chi connectivity index (χ2v) is 10.3. The average molecular weight is 527 g/mol. The molecule has 3 aromatic carbocycles. The summed E-state index contributed by atoms with van der Waals surface area (Å²) in [6.07, 6.45) is -0.459. The van der Waals surface area contributed by atoms with Crippen LogP contribution in [0.3, 0.4) is 0 Å². The summed E-state index contributed by atoms with van der Waals surface area (Å²) in [6, 6.07) is 22.7. The van der Waals surface area contributed by atoms with Gasteiger partial charge in [0.1, 0.15) is 6.61 Å². The fraction of sp³-hybridized carbons (Fsp3) is 0.323. The number of carbonyl (C=O) groups is 3. The van der Waals surface area contributed by atoms with E-state index in [0.717, 1.165) is 27.8 Å². The van der Waals surface area contributed by atoms with Crippen molar-refractivity contribution in [3.05, 3.63) is 89.5 Å². The van der Waals surface area contributed by atoms with Gasteiger partial charge in [-0.25, -0.2) is 4.79 Å². The van der Waals surface area contributed by atoms with E-state index in [4.69, 9.17) is 10.5 Å². The zero-order valence-electron chi connectivity index (χ0n) is 22.3. The average Bonchev–Trinajstić information content (AvgIpc) is 3.26. The van der Waals surface area contributed by atoms with Crippen LogP contribution >= 0.6 is 0 Å². The summed E-state index contributed by atoms with van der Waals surface area (Å²) >= 11 is 0. The van der Waals surface area contributed by atoms with Gasteiger partial charge in [0.15, 0.2) is 0 Å². The number of nitrogens with two attached hydrogens (primary N) is 1. The van der Waals surface area contributed by atoms with E-state index in [1.54, 1.807) is 16.7 Å². The molecule has 3 N–H and O–H groups in total. The van der Waals surface area contributed by atoms with Crippen LogP contribution in [-0.4, -0.2) is 66.0 Å². The zero-order chi connectivity index (χ0) is 27.5. The molecule has 2 unspecified atom stereocenters. The fourth-order valence-electron chi connectivity index (χ4n) is 5.50. The quantitative estimate of drug-likeness (QED) is 0.503. The van der Waals surface area contributed by atoms with Gasteiger partial charge in [-0.3, -0.25) is 9.59 Å². The van der Waals surface area contributed by atoms with Gasteiger partial charge in [0.05, 0.1) is 12.1 Å². The van der Waals surface area contributed by atoms with E-state index in [1.165, 1.54) is 0 Å². The van der Waals surface area contributed by atoms with Crippen molar-refractivity contribution in [2.24, 2.45) is 5.73 Å². The first kappa shape index (κ1) is 26.4. The van der Waals surface area contributed by atoms with Crippen LogP contribution in [0.4, 0.5) is 10.5 Å². The van der Waals surface area contributed by atoms with Gasteiger partial charge in [-0.2, -0.15) is 0 Å². The molecule has 1 aliphatic carbocycles. The number of nitrogens with one attached hydrogen (secondary N) is 1. The van der Waals surface area contributed by atoms with Gasteiger partial charge in [-0.05, 0) is 48.2 Å². The minimum Gasteiger partial charge on any atom is -0.448 e. The maximum absolute atomic E-state index is 13.4. The first-order valence-corrected chi connectivity index (χ1v) is 13.3. The van der Waals surface area contributed by atoms with E-state index >= 15 is 0 Å². The first-order chi connectivity index (χ1) is 18.8. The lowest BCUT2D eigenvalue weighted by molar-refractivity contribution is -0.135. The Morgan fingerprint density at radius 1 is 0.949 bits per heavy atom. The van der Waals surface area contributed by atoms with E-state index < -0.39 is 18.2 Å². The summed E-state index contributed by atoms with van der Waals surface area (Å²) in [6.45, 7) is 4.61. The van der Waals surface area contributed by atoms with Crippen LogP contribution in [0.1, 0.15) is 36.0 Å². The van der Waals surface area contributed by atoms with Crippen molar-refractivity contribution in [3.8, 4) is 11.1 Å². The monoisotopic (exact) mass is 526 g/mol. The smallest absolute Gasteiger partial charge is 0.410 e. The summed E-state index contributed by atoms with van der Waals surface area (Å²) in [5.41, 5.74) is 12.2. The molecule has 2 aliphatic rings. The third kappa shape index (κ3) is 5.66. The molecule has 0 aromatic heterocycles. The van der Waals surface area contributed by atoms with Crippen molar-refractivity contribution in [2.45, 2.75) is 38.3 Å². The zero-order valence-corrected chi connectivity index (χ0v) is 22.3. The summed E-state index contributed by atoms with van der Waals surface area (Å²) in [4.78, 5) is 42.2. The molecule has 202 valence electrons. The lowest BCUT2D eigenvalue weighted by atomic mass is 9.98. The molecule has 1 aliphatic heterocycles. The van der Waals surface area contributed by atoms with Gasteiger partial charge in [-0.1, -0.05) is 66.2 Å². The number of aryl methyl sites for hydroxylation is 1. The molecule has 2 atom stereocenters. The molecule has 3 aromatic rings. The predicted molar refractivity (Wildman–Crippen MR) is 150 cm³/mol. The third-order valence-corrected chi connectivity index (χ3v) is 7.51. The number of piperazine rings is 1. The maximum Gasteiger partial charge on any atom is 0.410 e. The summed E-state index contributed by atoms with van der Waals surface area (Å²) in [5, 5.41) is 2.90. The van der Waals surface area contributed by atoms with Crippen molar-refractivity contribution in [2.75, 3.05) is 31.6 Å². The number of amides is 3. The number of benzene rings is 3. The van der Waals surface area contributed by atoms with Gasteiger partial charge in [0.2, 0.25) is 11.8 Å². The Hall–Kier alpha value is -4.17. The lowest BCUT2D eigenvalue weighted by Crippen LogP contribution is -2.59. The van der Waals surface area contributed by atoms with Gasteiger partial charge in [0.25, 0.3) is 0 Å². The summed E-state index contributed by atoms with van der Waals surface area (Å²) < 4.78 is 5.89. The van der Waals surface area contributed by atoms with Crippen molar-refractivity contribution in [1.82, 2.24) is 9.80 Å². The van der Waals surface area contributed by atoms with Crippen molar-refractivity contribution < 1.29 is 19.1 Å². The number of rotatable bonds is 6. The molecule has 1 heterocycles. The molecule has 3 amide bonds. The van der Waals surface area contributed by atoms with Crippen LogP contribution in [0.2, 0.25) is 0 Å². The van der Waals surface area contributed by atoms with Crippen molar-refractivity contribution in [3.63, 3.8) is 0 Å². The normalized spacial score (nSPS) is 17.3. The number of carbonyl (C=O) groups excluding carboxylic acids is 3. The number of anilines is 1. The molecule has 1 fully saturated rings. The second kappa shape index (κ2) is 11.3. The Labute approximate surface area is 228 Å². The van der Waals surface area contributed by atoms with E-state index in [-0.39, 0.29) is 43.8 Å². The lowest BCUT2D eigenvalue weighted by Gasteiger charge is -2.41. The molecular weight excluding hydrogens is 492 g/mol. The molecule has 8 heteroatoms. The highest BCUT2D eigenvalue weighted by Crippen LogP contribution is 2.44. The number of ether oxygens (including phenoxy) is 1. The summed E-state index contributed by atoms with van der Waals surface area (Å²) in [5.74, 6) is -0.507. The number of hydrogen-bond donors (Lipinski definition) is 2. The summed E-state index contributed by atoms with van der Waals surface area (Å²) in [7, 11) is 0. The Kier molecular flexibility index (Phi) is 7.65. The maximum atomic E-state index is 13.4. The van der Waals surface area contributed by atoms with E-state index in [9.17, 15) is 14.4 Å². The standard InChI is InChI=1S/C31H34N4O4/c1-20-11-13-22(14-12-20)33-29(36)17-23-18-34(30(37)21(2)32)15-16-35(23)31(38)39-19-28-26-9-5-3-7-24(26)25-8-4-6-10-27(25)28/h3-14,21,23,28H,15-19,32H2,1-2H3,(H,33,36). The number of fused-ring (bicyclic) bond motifs is 3. The minimum atomic E-state index is -0.659. The molecular formula is C31H34N4O4. The second-order valence-electron chi connectivity index (χ2n) is 10.3.